The molecule has 4 rings (SSSR count). The summed E-state index contributed by atoms with van der Waals surface area (Å²) in [6.07, 6.45) is 3.69. The van der Waals surface area contributed by atoms with Gasteiger partial charge in [-0.05, 0) is 31.9 Å². The molecule has 0 amide bonds. The van der Waals surface area contributed by atoms with Crippen molar-refractivity contribution in [3.05, 3.63) is 51.7 Å². The lowest BCUT2D eigenvalue weighted by molar-refractivity contribution is 0.386. The maximum absolute atomic E-state index is 14.4. The smallest absolute Gasteiger partial charge is 0.211 e. The van der Waals surface area contributed by atoms with Crippen molar-refractivity contribution in [2.45, 2.75) is 32.1 Å². The van der Waals surface area contributed by atoms with Crippen molar-refractivity contribution in [2.75, 3.05) is 37.3 Å². The van der Waals surface area contributed by atoms with Crippen LogP contribution < -0.4 is 4.90 Å². The Morgan fingerprint density at radius 1 is 1.14 bits per heavy atom. The van der Waals surface area contributed by atoms with Crippen molar-refractivity contribution in [2.24, 2.45) is 0 Å². The summed E-state index contributed by atoms with van der Waals surface area (Å²) >= 11 is 6.26. The highest BCUT2D eigenvalue weighted by molar-refractivity contribution is 7.88. The van der Waals surface area contributed by atoms with Crippen LogP contribution in [0.25, 0.3) is 0 Å². The van der Waals surface area contributed by atoms with E-state index in [4.69, 9.17) is 21.6 Å². The highest BCUT2D eigenvalue weighted by atomic mass is 35.5. The zero-order valence-electron chi connectivity index (χ0n) is 16.5. The summed E-state index contributed by atoms with van der Waals surface area (Å²) in [5, 5.41) is 0.378. The highest BCUT2D eigenvalue weighted by Crippen LogP contribution is 2.40. The molecule has 0 atom stereocenters. The Bertz CT molecular complexity index is 1010. The van der Waals surface area contributed by atoms with Crippen LogP contribution in [0, 0.1) is 12.7 Å². The van der Waals surface area contributed by atoms with E-state index in [0.29, 0.717) is 49.1 Å². The van der Waals surface area contributed by atoms with Crippen LogP contribution in [0.4, 0.5) is 10.2 Å². The van der Waals surface area contributed by atoms with Gasteiger partial charge in [-0.2, -0.15) is 4.31 Å². The molecule has 0 radical (unpaired) electrons. The largest absolute Gasteiger partial charge is 0.354 e. The summed E-state index contributed by atoms with van der Waals surface area (Å²) in [5.41, 5.74) is 2.09. The molecule has 1 aromatic heterocycles. The molecule has 0 spiro atoms. The Labute approximate surface area is 175 Å². The van der Waals surface area contributed by atoms with Crippen molar-refractivity contribution in [3.8, 4) is 0 Å². The molecule has 0 N–H and O–H groups in total. The second kappa shape index (κ2) is 7.81. The fourth-order valence-electron chi connectivity index (χ4n) is 3.70. The molecule has 2 fully saturated rings. The molecule has 1 aromatic carbocycles. The molecule has 156 valence electrons. The van der Waals surface area contributed by atoms with Gasteiger partial charge >= 0.3 is 0 Å². The van der Waals surface area contributed by atoms with E-state index in [9.17, 15) is 12.8 Å². The van der Waals surface area contributed by atoms with Crippen LogP contribution in [0.5, 0.6) is 0 Å². The van der Waals surface area contributed by atoms with Crippen LogP contribution in [0.3, 0.4) is 0 Å². The van der Waals surface area contributed by atoms with E-state index >= 15 is 0 Å². The molecule has 9 heteroatoms. The molecule has 1 aliphatic heterocycles. The molecular weight excluding hydrogens is 415 g/mol. The molecule has 2 aromatic rings. The fourth-order valence-corrected chi connectivity index (χ4v) is 4.76. The normalized spacial score (nSPS) is 18.3. The number of sulfonamides is 1. The minimum atomic E-state index is -3.21. The Balaban J connectivity index is 1.70. The zero-order valence-corrected chi connectivity index (χ0v) is 18.1. The van der Waals surface area contributed by atoms with E-state index in [1.54, 1.807) is 12.1 Å². The number of aryl methyl sites for hydroxylation is 1. The van der Waals surface area contributed by atoms with Gasteiger partial charge in [0.2, 0.25) is 10.0 Å². The standard InChI is InChI=1S/C20H24ClFN4O2S/c1-13-15(12-16-17(21)4-3-5-18(16)22)20(24-19(23-13)14-6-7-14)25-8-10-26(11-9-25)29(2,27)28/h3-5,14H,6-12H2,1-2H3. The van der Waals surface area contributed by atoms with Crippen LogP contribution in [0.1, 0.15) is 41.4 Å². The fraction of sp³-hybridized carbons (Fsp3) is 0.500. The maximum atomic E-state index is 14.4. The molecule has 2 heterocycles. The third-order valence-corrected chi connectivity index (χ3v) is 7.23. The second-order valence-electron chi connectivity index (χ2n) is 7.77. The quantitative estimate of drug-likeness (QED) is 0.717. The summed E-state index contributed by atoms with van der Waals surface area (Å²) < 4.78 is 39.6. The summed E-state index contributed by atoms with van der Waals surface area (Å²) in [4.78, 5) is 11.6. The molecule has 29 heavy (non-hydrogen) atoms. The summed E-state index contributed by atoms with van der Waals surface area (Å²) in [6, 6.07) is 4.67. The second-order valence-corrected chi connectivity index (χ2v) is 10.2. The van der Waals surface area contributed by atoms with Gasteiger partial charge in [0.25, 0.3) is 0 Å². The number of benzene rings is 1. The van der Waals surface area contributed by atoms with Gasteiger partial charge in [0.05, 0.1) is 6.26 Å². The van der Waals surface area contributed by atoms with Crippen LogP contribution in [0.15, 0.2) is 18.2 Å². The molecule has 1 saturated carbocycles. The van der Waals surface area contributed by atoms with E-state index in [-0.39, 0.29) is 5.82 Å². The number of anilines is 1. The average Bonchev–Trinajstić information content (AvgIpc) is 3.50. The Morgan fingerprint density at radius 2 is 1.83 bits per heavy atom. The van der Waals surface area contributed by atoms with Gasteiger partial charge in [-0.1, -0.05) is 17.7 Å². The van der Waals surface area contributed by atoms with Gasteiger partial charge < -0.3 is 4.90 Å². The summed E-state index contributed by atoms with van der Waals surface area (Å²) in [5.74, 6) is 1.63. The predicted octanol–water partition coefficient (Wildman–Crippen LogP) is 3.13. The first kappa shape index (κ1) is 20.5. The third-order valence-electron chi connectivity index (χ3n) is 5.57. The Hall–Kier alpha value is -1.77. The van der Waals surface area contributed by atoms with Gasteiger partial charge in [-0.15, -0.1) is 0 Å². The lowest BCUT2D eigenvalue weighted by Gasteiger charge is -2.35. The van der Waals surface area contributed by atoms with Gasteiger partial charge in [0.1, 0.15) is 17.5 Å². The number of rotatable bonds is 5. The molecule has 1 saturated heterocycles. The molecule has 6 nitrogen and oxygen atoms in total. The topological polar surface area (TPSA) is 66.4 Å². The molecule has 1 aliphatic carbocycles. The minimum absolute atomic E-state index is 0.296. The van der Waals surface area contributed by atoms with Crippen molar-refractivity contribution in [1.29, 1.82) is 0 Å². The van der Waals surface area contributed by atoms with Crippen LogP contribution in [-0.2, 0) is 16.4 Å². The van der Waals surface area contributed by atoms with Crippen molar-refractivity contribution >= 4 is 27.4 Å². The van der Waals surface area contributed by atoms with Gasteiger partial charge in [-0.3, -0.25) is 0 Å². The molecule has 0 bridgehead atoms. The first-order valence-corrected chi connectivity index (χ1v) is 12.0. The Kier molecular flexibility index (Phi) is 5.52. The monoisotopic (exact) mass is 438 g/mol. The zero-order chi connectivity index (χ0) is 20.8. The van der Waals surface area contributed by atoms with Crippen LogP contribution >= 0.6 is 11.6 Å². The minimum Gasteiger partial charge on any atom is -0.354 e. The number of nitrogens with zero attached hydrogens (tertiary/aromatic N) is 4. The van der Waals surface area contributed by atoms with Crippen molar-refractivity contribution < 1.29 is 12.8 Å². The number of halogens is 2. The predicted molar refractivity (Wildman–Crippen MR) is 112 cm³/mol. The number of hydrogen-bond donors (Lipinski definition) is 0. The van der Waals surface area contributed by atoms with E-state index in [1.165, 1.54) is 16.6 Å². The highest BCUT2D eigenvalue weighted by Gasteiger charge is 2.31. The number of aromatic nitrogens is 2. The van der Waals surface area contributed by atoms with Gasteiger partial charge in [0.15, 0.2) is 0 Å². The average molecular weight is 439 g/mol. The third kappa shape index (κ3) is 4.39. The van der Waals surface area contributed by atoms with Gasteiger partial charge in [0, 0.05) is 60.4 Å². The van der Waals surface area contributed by atoms with Crippen molar-refractivity contribution in [1.82, 2.24) is 14.3 Å². The van der Waals surface area contributed by atoms with Crippen LogP contribution in [0.2, 0.25) is 5.02 Å². The molecular formula is C20H24ClFN4O2S. The lowest BCUT2D eigenvalue weighted by atomic mass is 10.0. The molecule has 2 aliphatic rings. The summed E-state index contributed by atoms with van der Waals surface area (Å²) in [6.45, 7) is 3.80. The number of hydrogen-bond acceptors (Lipinski definition) is 5. The van der Waals surface area contributed by atoms with E-state index in [2.05, 4.69) is 4.90 Å². The van der Waals surface area contributed by atoms with E-state index < -0.39 is 10.0 Å². The van der Waals surface area contributed by atoms with Crippen molar-refractivity contribution in [3.63, 3.8) is 0 Å². The van der Waals surface area contributed by atoms with E-state index in [0.717, 1.165) is 35.7 Å². The SMILES string of the molecule is Cc1nc(C2CC2)nc(N2CCN(S(C)(=O)=O)CC2)c1Cc1c(F)cccc1Cl. The number of piperazine rings is 1. The molecule has 0 unspecified atom stereocenters. The first-order chi connectivity index (χ1) is 13.7. The van der Waals surface area contributed by atoms with Crippen LogP contribution in [-0.4, -0.2) is 55.1 Å². The maximum Gasteiger partial charge on any atom is 0.211 e. The first-order valence-electron chi connectivity index (χ1n) is 9.74. The van der Waals surface area contributed by atoms with Gasteiger partial charge in [-0.25, -0.2) is 22.8 Å². The van der Waals surface area contributed by atoms with E-state index in [1.807, 2.05) is 6.92 Å². The Morgan fingerprint density at radius 3 is 2.41 bits per heavy atom. The summed E-state index contributed by atoms with van der Waals surface area (Å²) in [7, 11) is -3.21. The lowest BCUT2D eigenvalue weighted by Crippen LogP contribution is -2.49.